The Labute approximate surface area is 156 Å². The van der Waals surface area contributed by atoms with Gasteiger partial charge in [-0.1, -0.05) is 23.7 Å². The van der Waals surface area contributed by atoms with E-state index in [1.165, 1.54) is 30.0 Å². The fourth-order valence-electron chi connectivity index (χ4n) is 2.77. The highest BCUT2D eigenvalue weighted by atomic mass is 35.5. The molecule has 1 aliphatic rings. The molecule has 26 heavy (non-hydrogen) atoms. The van der Waals surface area contributed by atoms with E-state index in [1.807, 2.05) is 0 Å². The SMILES string of the molecule is N=C1CS[C@H](c2ccccc2[OH2+])c2cc(Cl)ccc2N1C(=N)C(F)(F)F. The van der Waals surface area contributed by atoms with Gasteiger partial charge in [0.2, 0.25) is 5.84 Å². The zero-order valence-electron chi connectivity index (χ0n) is 13.2. The molecule has 1 atom stereocenters. The minimum atomic E-state index is -4.89. The summed E-state index contributed by atoms with van der Waals surface area (Å²) in [6.07, 6.45) is -4.89. The molecule has 0 bridgehead atoms. The number of nitrogens with zero attached hydrogens (tertiary/aromatic N) is 1. The van der Waals surface area contributed by atoms with Crippen LogP contribution in [0, 0.1) is 10.8 Å². The van der Waals surface area contributed by atoms with Crippen molar-refractivity contribution < 1.29 is 18.3 Å². The molecule has 0 saturated heterocycles. The first kappa shape index (κ1) is 18.6. The van der Waals surface area contributed by atoms with Crippen LogP contribution in [0.1, 0.15) is 16.4 Å². The van der Waals surface area contributed by atoms with E-state index in [2.05, 4.69) is 0 Å². The quantitative estimate of drug-likeness (QED) is 0.404. The average molecular weight is 401 g/mol. The second kappa shape index (κ2) is 6.85. The molecule has 4 N–H and O–H groups in total. The molecule has 9 heteroatoms. The molecule has 0 aliphatic carbocycles. The molecular weight excluding hydrogens is 387 g/mol. The summed E-state index contributed by atoms with van der Waals surface area (Å²) < 4.78 is 39.5. The third kappa shape index (κ3) is 3.39. The van der Waals surface area contributed by atoms with E-state index >= 15 is 0 Å². The maximum absolute atomic E-state index is 13.2. The first-order chi connectivity index (χ1) is 12.2. The van der Waals surface area contributed by atoms with E-state index in [1.54, 1.807) is 24.3 Å². The average Bonchev–Trinajstić information content (AvgIpc) is 2.70. The van der Waals surface area contributed by atoms with Crippen LogP contribution in [0.5, 0.6) is 5.75 Å². The minimum absolute atomic E-state index is 0.0379. The van der Waals surface area contributed by atoms with Crippen LogP contribution < -0.4 is 4.90 Å². The van der Waals surface area contributed by atoms with Gasteiger partial charge in [-0.05, 0) is 29.8 Å². The smallest absolute Gasteiger partial charge is 0.449 e. The van der Waals surface area contributed by atoms with Crippen LogP contribution in [-0.4, -0.2) is 28.7 Å². The molecule has 0 spiro atoms. The van der Waals surface area contributed by atoms with Crippen LogP contribution in [0.3, 0.4) is 0 Å². The minimum Gasteiger partial charge on any atom is -0.593 e. The molecule has 0 aromatic heterocycles. The number of anilines is 1. The third-order valence-corrected chi connectivity index (χ3v) is 5.42. The summed E-state index contributed by atoms with van der Waals surface area (Å²) in [5, 5.41) is 23.6. The number of benzene rings is 2. The summed E-state index contributed by atoms with van der Waals surface area (Å²) in [5.74, 6) is -1.75. The van der Waals surface area contributed by atoms with Crippen molar-refractivity contribution in [2.24, 2.45) is 0 Å². The summed E-state index contributed by atoms with van der Waals surface area (Å²) >= 11 is 7.31. The molecule has 0 fully saturated rings. The van der Waals surface area contributed by atoms with Crippen molar-refractivity contribution >= 4 is 40.7 Å². The predicted molar refractivity (Wildman–Crippen MR) is 99.2 cm³/mol. The molecule has 3 rings (SSSR count). The van der Waals surface area contributed by atoms with Gasteiger partial charge in [-0.2, -0.15) is 13.2 Å². The van der Waals surface area contributed by atoms with E-state index in [0.717, 1.165) is 0 Å². The van der Waals surface area contributed by atoms with Gasteiger partial charge in [-0.3, -0.25) is 15.7 Å². The number of thioether (sulfide) groups is 1. The van der Waals surface area contributed by atoms with Gasteiger partial charge >= 0.3 is 6.18 Å². The van der Waals surface area contributed by atoms with Gasteiger partial charge in [0.1, 0.15) is 5.84 Å². The van der Waals surface area contributed by atoms with E-state index in [9.17, 15) is 13.2 Å². The van der Waals surface area contributed by atoms with Crippen molar-refractivity contribution in [3.8, 4) is 5.75 Å². The molecule has 4 nitrogen and oxygen atoms in total. The van der Waals surface area contributed by atoms with Crippen molar-refractivity contribution in [3.63, 3.8) is 0 Å². The number of fused-ring (bicyclic) bond motifs is 1. The van der Waals surface area contributed by atoms with Gasteiger partial charge in [0.05, 0.1) is 22.3 Å². The van der Waals surface area contributed by atoms with Crippen LogP contribution in [0.15, 0.2) is 42.5 Å². The zero-order valence-corrected chi connectivity index (χ0v) is 14.8. The first-order valence-corrected chi connectivity index (χ1v) is 8.87. The maximum atomic E-state index is 13.2. The number of amidine groups is 2. The van der Waals surface area contributed by atoms with Crippen molar-refractivity contribution in [2.75, 3.05) is 10.7 Å². The molecule has 2 aromatic rings. The highest BCUT2D eigenvalue weighted by Crippen LogP contribution is 2.47. The van der Waals surface area contributed by atoms with E-state index in [0.29, 0.717) is 21.0 Å². The summed E-state index contributed by atoms with van der Waals surface area (Å²) in [6.45, 7) is 0. The number of alkyl halides is 3. The molecule has 0 amide bonds. The normalized spacial score (nSPS) is 17.6. The van der Waals surface area contributed by atoms with Gasteiger partial charge in [0.15, 0.2) is 0 Å². The first-order valence-electron chi connectivity index (χ1n) is 7.45. The van der Waals surface area contributed by atoms with Gasteiger partial charge in [-0.25, -0.2) is 0 Å². The Morgan fingerprint density at radius 1 is 1.19 bits per heavy atom. The number of para-hydroxylation sites is 1. The number of hydrogen-bond donors (Lipinski definition) is 2. The van der Waals surface area contributed by atoms with E-state index in [-0.39, 0.29) is 23.0 Å². The molecule has 1 heterocycles. The van der Waals surface area contributed by atoms with Gasteiger partial charge in [0, 0.05) is 11.1 Å². The summed E-state index contributed by atoms with van der Waals surface area (Å²) in [7, 11) is 0. The largest absolute Gasteiger partial charge is 0.593 e. The lowest BCUT2D eigenvalue weighted by Crippen LogP contribution is -2.45. The summed E-state index contributed by atoms with van der Waals surface area (Å²) in [4.78, 5) is 0.602. The third-order valence-electron chi connectivity index (χ3n) is 3.90. The van der Waals surface area contributed by atoms with Gasteiger partial charge < -0.3 is 5.11 Å². The monoisotopic (exact) mass is 400 g/mol. The van der Waals surface area contributed by atoms with Gasteiger partial charge in [-0.15, -0.1) is 11.8 Å². The second-order valence-electron chi connectivity index (χ2n) is 5.61. The Kier molecular flexibility index (Phi) is 4.90. The summed E-state index contributed by atoms with van der Waals surface area (Å²) in [5.41, 5.74) is 1.15. The Morgan fingerprint density at radius 2 is 1.88 bits per heavy atom. The van der Waals surface area contributed by atoms with Crippen molar-refractivity contribution in [1.82, 2.24) is 0 Å². The summed E-state index contributed by atoms with van der Waals surface area (Å²) in [6, 6.07) is 11.2. The van der Waals surface area contributed by atoms with Crippen LogP contribution >= 0.6 is 23.4 Å². The van der Waals surface area contributed by atoms with Crippen molar-refractivity contribution in [2.45, 2.75) is 11.4 Å². The number of hydrogen-bond acceptors (Lipinski definition) is 3. The fourth-order valence-corrected chi connectivity index (χ4v) is 4.15. The Bertz CT molecular complexity index is 888. The van der Waals surface area contributed by atoms with Crippen LogP contribution in [-0.2, 0) is 0 Å². The predicted octanol–water partition coefficient (Wildman–Crippen LogP) is 4.94. The lowest BCUT2D eigenvalue weighted by atomic mass is 10.0. The Hall–Kier alpha value is -2.19. The highest BCUT2D eigenvalue weighted by Gasteiger charge is 2.43. The fraction of sp³-hybridized carbons (Fsp3) is 0.176. The second-order valence-corrected chi connectivity index (χ2v) is 7.14. The number of halogens is 4. The van der Waals surface area contributed by atoms with Crippen LogP contribution in [0.25, 0.3) is 0 Å². The lowest BCUT2D eigenvalue weighted by molar-refractivity contribution is -0.0604. The Balaban J connectivity index is 2.21. The molecular formula is C17H14ClF3N3OS+. The number of rotatable bonds is 1. The zero-order chi connectivity index (χ0) is 19.1. The highest BCUT2D eigenvalue weighted by molar-refractivity contribution is 8.00. The lowest BCUT2D eigenvalue weighted by Gasteiger charge is -2.27. The molecule has 0 radical (unpaired) electrons. The molecule has 1 aliphatic heterocycles. The maximum Gasteiger partial charge on any atom is 0.449 e. The Morgan fingerprint density at radius 3 is 2.54 bits per heavy atom. The van der Waals surface area contributed by atoms with Gasteiger partial charge in [0.25, 0.3) is 5.75 Å². The molecule has 0 saturated carbocycles. The number of nitrogens with one attached hydrogen (secondary N) is 2. The van der Waals surface area contributed by atoms with Crippen LogP contribution in [0.4, 0.5) is 18.9 Å². The molecule has 0 unspecified atom stereocenters. The van der Waals surface area contributed by atoms with Crippen molar-refractivity contribution in [3.05, 3.63) is 58.6 Å². The van der Waals surface area contributed by atoms with Crippen LogP contribution in [0.2, 0.25) is 5.02 Å². The topological polar surface area (TPSA) is 73.8 Å². The molecule has 136 valence electrons. The van der Waals surface area contributed by atoms with E-state index in [4.69, 9.17) is 27.5 Å². The van der Waals surface area contributed by atoms with E-state index < -0.39 is 17.3 Å². The standard InChI is InChI=1S/C17H13ClF3N3OS/c18-9-5-6-12-11(7-9)15(10-3-1-2-4-13(10)25)26-8-14(22)24(12)16(23)17(19,20)21/h1-7,15,22-23,25H,8H2/p+1/t15-/m1/s1. The molecule has 2 aromatic carbocycles. The van der Waals surface area contributed by atoms with Crippen molar-refractivity contribution in [1.29, 1.82) is 10.8 Å².